The van der Waals surface area contributed by atoms with E-state index in [1.807, 2.05) is 6.07 Å². The van der Waals surface area contributed by atoms with Crippen molar-refractivity contribution in [2.45, 2.75) is 6.42 Å². The molecule has 2 aromatic rings. The van der Waals surface area contributed by atoms with Crippen LogP contribution in [0.5, 0.6) is 0 Å². The minimum absolute atomic E-state index is 0. The van der Waals surface area contributed by atoms with Crippen molar-refractivity contribution in [2.24, 2.45) is 0 Å². The molecule has 0 heterocycles. The van der Waals surface area contributed by atoms with Gasteiger partial charge in [0.2, 0.25) is 0 Å². The van der Waals surface area contributed by atoms with Gasteiger partial charge in [-0.3, -0.25) is 0 Å². The maximum absolute atomic E-state index is 3.30. The molecule has 3 rings (SSSR count). The summed E-state index contributed by atoms with van der Waals surface area (Å²) in [4.78, 5) is 0. The summed E-state index contributed by atoms with van der Waals surface area (Å²) >= 11 is 0. The van der Waals surface area contributed by atoms with E-state index in [2.05, 4.69) is 42.5 Å². The fraction of sp³-hybridized carbons (Fsp3) is 0.0769. The van der Waals surface area contributed by atoms with Crippen LogP contribution in [0.3, 0.4) is 0 Å². The zero-order valence-electron chi connectivity index (χ0n) is 8.50. The van der Waals surface area contributed by atoms with Crippen LogP contribution in [0.2, 0.25) is 0 Å². The molecule has 0 bridgehead atoms. The molecule has 0 saturated heterocycles. The van der Waals surface area contributed by atoms with E-state index in [0.29, 0.717) is 0 Å². The van der Waals surface area contributed by atoms with Crippen LogP contribution in [0.25, 0.3) is 11.1 Å². The summed E-state index contributed by atoms with van der Waals surface area (Å²) < 4.78 is 0. The molecule has 0 atom stereocenters. The van der Waals surface area contributed by atoms with Crippen molar-refractivity contribution in [3.63, 3.8) is 0 Å². The molecule has 0 amide bonds. The van der Waals surface area contributed by atoms with Crippen molar-refractivity contribution in [3.05, 3.63) is 59.7 Å². The molecule has 0 spiro atoms. The number of hydrogen-bond acceptors (Lipinski definition) is 0. The second-order valence-corrected chi connectivity index (χ2v) is 3.40. The van der Waals surface area contributed by atoms with Crippen LogP contribution in [0.1, 0.15) is 11.1 Å². The van der Waals surface area contributed by atoms with Gasteiger partial charge in [0, 0.05) is 0 Å². The van der Waals surface area contributed by atoms with Crippen LogP contribution >= 0.6 is 0 Å². The Bertz CT molecular complexity index is 425. The Balaban J connectivity index is 0.000000750. The first-order valence-electron chi connectivity index (χ1n) is 4.53. The maximum Gasteiger partial charge on any atom is 3.00 e. The van der Waals surface area contributed by atoms with Crippen molar-refractivity contribution in [2.75, 3.05) is 0 Å². The molecule has 0 unspecified atom stereocenters. The van der Waals surface area contributed by atoms with E-state index in [4.69, 9.17) is 0 Å². The average Bonchev–Trinajstić information content (AvgIpc) is 2.56. The molecule has 2 aromatic carbocycles. The summed E-state index contributed by atoms with van der Waals surface area (Å²) in [7, 11) is 0. The largest absolute Gasteiger partial charge is 3.00 e. The predicted octanol–water partition coefficient (Wildman–Crippen LogP) is -2.94. The Hall–Kier alpha value is -0.266. The molecule has 0 saturated carbocycles. The molecular formula is C13H9Cl2Ti. The van der Waals surface area contributed by atoms with Gasteiger partial charge >= 0.3 is 21.7 Å². The molecule has 79 valence electrons. The smallest absolute Gasteiger partial charge is 1.00 e. The van der Waals surface area contributed by atoms with Crippen LogP contribution < -0.4 is 24.8 Å². The van der Waals surface area contributed by atoms with E-state index in [9.17, 15) is 0 Å². The average molecular weight is 284 g/mol. The number of hydrogen-bond donors (Lipinski definition) is 0. The van der Waals surface area contributed by atoms with E-state index >= 15 is 0 Å². The van der Waals surface area contributed by atoms with E-state index in [0.717, 1.165) is 6.42 Å². The van der Waals surface area contributed by atoms with E-state index in [1.165, 1.54) is 22.3 Å². The van der Waals surface area contributed by atoms with Gasteiger partial charge in [-0.2, -0.15) is 29.8 Å². The van der Waals surface area contributed by atoms with Gasteiger partial charge in [-0.15, -0.1) is 5.56 Å². The standard InChI is InChI=1S/C13H9.2ClH.Ti/c1-3-7-12-10(5-1)9-11-6-2-4-8-13(11)12;;;/h1-5,7-8H,9H2;2*1H;/q-1;;;+3/p-2. The van der Waals surface area contributed by atoms with Crippen molar-refractivity contribution in [1.29, 1.82) is 0 Å². The van der Waals surface area contributed by atoms with Crippen LogP contribution in [0, 0.1) is 6.07 Å². The van der Waals surface area contributed by atoms with E-state index in [1.54, 1.807) is 0 Å². The molecule has 3 heteroatoms. The van der Waals surface area contributed by atoms with Crippen molar-refractivity contribution in [1.82, 2.24) is 0 Å². The van der Waals surface area contributed by atoms with Gasteiger partial charge in [0.1, 0.15) is 0 Å². The summed E-state index contributed by atoms with van der Waals surface area (Å²) in [5.41, 5.74) is 5.51. The number of benzene rings is 2. The van der Waals surface area contributed by atoms with Crippen LogP contribution in [0.15, 0.2) is 42.5 Å². The zero-order chi connectivity index (χ0) is 8.67. The fourth-order valence-corrected chi connectivity index (χ4v) is 2.00. The van der Waals surface area contributed by atoms with Crippen molar-refractivity contribution < 1.29 is 46.5 Å². The third kappa shape index (κ3) is 2.52. The van der Waals surface area contributed by atoms with Gasteiger partial charge in [-0.05, 0) is 6.42 Å². The first-order valence-corrected chi connectivity index (χ1v) is 4.53. The molecule has 0 nitrogen and oxygen atoms in total. The topological polar surface area (TPSA) is 0 Å². The van der Waals surface area contributed by atoms with Gasteiger partial charge in [0.25, 0.3) is 0 Å². The maximum atomic E-state index is 3.30. The Labute approximate surface area is 123 Å². The molecule has 0 aromatic heterocycles. The molecule has 0 aliphatic heterocycles. The molecular weight excluding hydrogens is 275 g/mol. The predicted molar refractivity (Wildman–Crippen MR) is 53.5 cm³/mol. The van der Waals surface area contributed by atoms with Gasteiger partial charge in [-0.25, -0.2) is 0 Å². The Morgan fingerprint density at radius 3 is 2.38 bits per heavy atom. The quantitative estimate of drug-likeness (QED) is 0.306. The first-order chi connectivity index (χ1) is 6.45. The third-order valence-corrected chi connectivity index (χ3v) is 2.62. The normalized spacial score (nSPS) is 10.0. The number of rotatable bonds is 0. The molecule has 0 fully saturated rings. The third-order valence-electron chi connectivity index (χ3n) is 2.62. The number of halogens is 2. The SMILES string of the molecule is [Cl-].[Cl-].[Ti+3].[c-]1cccc2c1Cc1ccccc1-2. The summed E-state index contributed by atoms with van der Waals surface area (Å²) in [5, 5.41) is 0. The van der Waals surface area contributed by atoms with E-state index in [-0.39, 0.29) is 46.5 Å². The van der Waals surface area contributed by atoms with Crippen LogP contribution in [-0.2, 0) is 28.1 Å². The van der Waals surface area contributed by atoms with Crippen molar-refractivity contribution >= 4 is 0 Å². The van der Waals surface area contributed by atoms with Crippen LogP contribution in [-0.4, -0.2) is 0 Å². The minimum Gasteiger partial charge on any atom is -1.00 e. The second kappa shape index (κ2) is 6.46. The molecule has 1 radical (unpaired) electrons. The molecule has 1 aliphatic rings. The molecule has 16 heavy (non-hydrogen) atoms. The summed E-state index contributed by atoms with van der Waals surface area (Å²) in [6.45, 7) is 0. The van der Waals surface area contributed by atoms with Gasteiger partial charge in [0.05, 0.1) is 0 Å². The fourth-order valence-electron chi connectivity index (χ4n) is 2.00. The second-order valence-electron chi connectivity index (χ2n) is 3.40. The van der Waals surface area contributed by atoms with Gasteiger partial charge in [0.15, 0.2) is 0 Å². The van der Waals surface area contributed by atoms with Crippen LogP contribution in [0.4, 0.5) is 0 Å². The molecule has 1 aliphatic carbocycles. The summed E-state index contributed by atoms with van der Waals surface area (Å²) in [5.74, 6) is 0. The Morgan fingerprint density at radius 1 is 0.875 bits per heavy atom. The summed E-state index contributed by atoms with van der Waals surface area (Å²) in [6, 6.07) is 18.1. The Morgan fingerprint density at radius 2 is 1.56 bits per heavy atom. The Kier molecular flexibility index (Phi) is 6.36. The minimum atomic E-state index is 0. The van der Waals surface area contributed by atoms with Gasteiger partial charge < -0.3 is 24.8 Å². The van der Waals surface area contributed by atoms with Gasteiger partial charge in [-0.1, -0.05) is 35.4 Å². The molecule has 0 N–H and O–H groups in total. The monoisotopic (exact) mass is 283 g/mol. The van der Waals surface area contributed by atoms with E-state index < -0.39 is 0 Å². The van der Waals surface area contributed by atoms with Crippen molar-refractivity contribution in [3.8, 4) is 11.1 Å². The zero-order valence-corrected chi connectivity index (χ0v) is 11.6. The number of fused-ring (bicyclic) bond motifs is 3. The first kappa shape index (κ1) is 15.7. The summed E-state index contributed by atoms with van der Waals surface area (Å²) in [6.07, 6.45) is 1.05.